The van der Waals surface area contributed by atoms with Crippen molar-refractivity contribution in [2.24, 2.45) is 0 Å². The average Bonchev–Trinajstić information content (AvgIpc) is 3.12. The lowest BCUT2D eigenvalue weighted by molar-refractivity contribution is -0.151. The summed E-state index contributed by atoms with van der Waals surface area (Å²) in [5, 5.41) is 23.5. The van der Waals surface area contributed by atoms with E-state index in [0.717, 1.165) is 64.2 Å². The van der Waals surface area contributed by atoms with E-state index in [1.165, 1.54) is 116 Å². The number of carbonyl (C=O) groups is 2. The molecule has 3 unspecified atom stereocenters. The van der Waals surface area contributed by atoms with Crippen LogP contribution in [0.3, 0.4) is 0 Å². The molecule has 51 heavy (non-hydrogen) atoms. The molecule has 0 aromatic carbocycles. The maximum absolute atomic E-state index is 13.1. The molecule has 0 spiro atoms. The Labute approximate surface area is 316 Å². The molecule has 0 fully saturated rings. The predicted molar refractivity (Wildman–Crippen MR) is 218 cm³/mol. The summed E-state index contributed by atoms with van der Waals surface area (Å²) in [6.07, 6.45) is 42.4. The van der Waals surface area contributed by atoms with E-state index in [1.54, 1.807) is 0 Å². The monoisotopic (exact) mass is 720 g/mol. The molecule has 0 aromatic rings. The van der Waals surface area contributed by atoms with Gasteiger partial charge in [0.25, 0.3) is 0 Å². The van der Waals surface area contributed by atoms with Crippen LogP contribution in [-0.4, -0.2) is 46.9 Å². The lowest BCUT2D eigenvalue weighted by atomic mass is 10.0. The Bertz CT molecular complexity index is 812. The highest BCUT2D eigenvalue weighted by Gasteiger charge is 2.24. The maximum atomic E-state index is 13.1. The van der Waals surface area contributed by atoms with Crippen molar-refractivity contribution in [3.63, 3.8) is 0 Å². The maximum Gasteiger partial charge on any atom is 0.306 e. The van der Waals surface area contributed by atoms with Crippen LogP contribution in [0.5, 0.6) is 0 Å². The van der Waals surface area contributed by atoms with Crippen LogP contribution in [0.25, 0.3) is 0 Å². The third-order valence-corrected chi connectivity index (χ3v) is 10.0. The summed E-state index contributed by atoms with van der Waals surface area (Å²) in [5.41, 5.74) is 0. The van der Waals surface area contributed by atoms with E-state index in [-0.39, 0.29) is 24.9 Å². The SMILES string of the molecule is CCCCC/C=C\CCCCCCCC(=O)OC(CCC/C=C\CCCCCCCC)CC(=O)NC(CO)C(O)CCCCCCCCCCC. The molecule has 0 bridgehead atoms. The zero-order valence-corrected chi connectivity index (χ0v) is 34.0. The van der Waals surface area contributed by atoms with Gasteiger partial charge in [-0.3, -0.25) is 9.59 Å². The molecule has 0 heterocycles. The smallest absolute Gasteiger partial charge is 0.306 e. The minimum Gasteiger partial charge on any atom is -0.462 e. The summed E-state index contributed by atoms with van der Waals surface area (Å²) >= 11 is 0. The van der Waals surface area contributed by atoms with Gasteiger partial charge in [-0.1, -0.05) is 167 Å². The second-order valence-electron chi connectivity index (χ2n) is 15.1. The Morgan fingerprint density at radius 3 is 1.47 bits per heavy atom. The molecule has 0 aliphatic heterocycles. The fourth-order valence-electron chi connectivity index (χ4n) is 6.60. The minimum atomic E-state index is -0.789. The molecule has 0 aliphatic rings. The van der Waals surface area contributed by atoms with E-state index in [1.807, 2.05) is 0 Å². The quantitative estimate of drug-likeness (QED) is 0.0334. The van der Waals surface area contributed by atoms with Crippen molar-refractivity contribution < 1.29 is 24.5 Å². The van der Waals surface area contributed by atoms with Crippen molar-refractivity contribution in [2.45, 2.75) is 244 Å². The van der Waals surface area contributed by atoms with Gasteiger partial charge in [-0.2, -0.15) is 0 Å². The number of amides is 1. The Hall–Kier alpha value is -1.66. The molecule has 0 saturated carbocycles. The van der Waals surface area contributed by atoms with Gasteiger partial charge in [0.2, 0.25) is 5.91 Å². The van der Waals surface area contributed by atoms with Crippen LogP contribution in [0.4, 0.5) is 0 Å². The number of ether oxygens (including phenoxy) is 1. The van der Waals surface area contributed by atoms with Crippen LogP contribution in [0.1, 0.15) is 226 Å². The fraction of sp³-hybridized carbons (Fsp3) is 0.867. The molecule has 0 radical (unpaired) electrons. The zero-order chi connectivity index (χ0) is 37.5. The van der Waals surface area contributed by atoms with Crippen LogP contribution in [0.15, 0.2) is 24.3 Å². The Kier molecular flexibility index (Phi) is 38.3. The predicted octanol–water partition coefficient (Wildman–Crippen LogP) is 12.4. The van der Waals surface area contributed by atoms with Crippen molar-refractivity contribution >= 4 is 11.9 Å². The first-order valence-corrected chi connectivity index (χ1v) is 22.1. The van der Waals surface area contributed by atoms with Gasteiger partial charge in [0, 0.05) is 6.42 Å². The second-order valence-corrected chi connectivity index (χ2v) is 15.1. The third kappa shape index (κ3) is 35.2. The second kappa shape index (κ2) is 39.5. The number of unbranched alkanes of at least 4 members (excludes halogenated alkanes) is 23. The van der Waals surface area contributed by atoms with Gasteiger partial charge >= 0.3 is 5.97 Å². The minimum absolute atomic E-state index is 0.0560. The summed E-state index contributed by atoms with van der Waals surface area (Å²) in [4.78, 5) is 25.9. The Morgan fingerprint density at radius 1 is 0.549 bits per heavy atom. The molecule has 0 aliphatic carbocycles. The largest absolute Gasteiger partial charge is 0.462 e. The van der Waals surface area contributed by atoms with Crippen molar-refractivity contribution in [1.82, 2.24) is 5.32 Å². The molecular weight excluding hydrogens is 634 g/mol. The van der Waals surface area contributed by atoms with Crippen LogP contribution in [0.2, 0.25) is 0 Å². The lowest BCUT2D eigenvalue weighted by Gasteiger charge is -2.24. The number of allylic oxidation sites excluding steroid dienone is 4. The van der Waals surface area contributed by atoms with E-state index in [0.29, 0.717) is 19.3 Å². The standard InChI is InChI=1S/C45H85NO5/c1-4-7-10-13-16-19-21-23-26-29-32-35-38-45(50)51-41(36-33-30-27-25-22-20-17-14-11-8-5-2)39-44(49)46-42(40-47)43(48)37-34-31-28-24-18-15-12-9-6-3/h16,19,25,27,41-43,47-48H,4-15,17-18,20-24,26,28-40H2,1-3H3,(H,46,49)/b19-16-,27-25-. The van der Waals surface area contributed by atoms with E-state index in [9.17, 15) is 19.8 Å². The van der Waals surface area contributed by atoms with Crippen molar-refractivity contribution in [2.75, 3.05) is 6.61 Å². The number of nitrogens with one attached hydrogen (secondary N) is 1. The molecule has 3 atom stereocenters. The van der Waals surface area contributed by atoms with Crippen molar-refractivity contribution in [3.05, 3.63) is 24.3 Å². The third-order valence-electron chi connectivity index (χ3n) is 10.0. The number of aliphatic hydroxyl groups is 2. The lowest BCUT2D eigenvalue weighted by Crippen LogP contribution is -2.46. The topological polar surface area (TPSA) is 95.9 Å². The highest BCUT2D eigenvalue weighted by molar-refractivity contribution is 5.77. The first-order chi connectivity index (χ1) is 25.0. The molecule has 3 N–H and O–H groups in total. The molecular formula is C45H85NO5. The van der Waals surface area contributed by atoms with Crippen LogP contribution in [0, 0.1) is 0 Å². The summed E-state index contributed by atoms with van der Waals surface area (Å²) < 4.78 is 5.86. The first-order valence-electron chi connectivity index (χ1n) is 22.1. The zero-order valence-electron chi connectivity index (χ0n) is 34.0. The Morgan fingerprint density at radius 2 is 0.961 bits per heavy atom. The summed E-state index contributed by atoms with van der Waals surface area (Å²) in [6.45, 7) is 6.40. The molecule has 300 valence electrons. The van der Waals surface area contributed by atoms with Crippen LogP contribution in [-0.2, 0) is 14.3 Å². The van der Waals surface area contributed by atoms with Gasteiger partial charge in [-0.05, 0) is 70.6 Å². The van der Waals surface area contributed by atoms with E-state index in [2.05, 4.69) is 50.4 Å². The molecule has 0 rings (SSSR count). The summed E-state index contributed by atoms with van der Waals surface area (Å²) in [5.74, 6) is -0.512. The Balaban J connectivity index is 4.64. The fourth-order valence-corrected chi connectivity index (χ4v) is 6.60. The number of hydrogen-bond acceptors (Lipinski definition) is 5. The van der Waals surface area contributed by atoms with E-state index in [4.69, 9.17) is 4.74 Å². The number of esters is 1. The molecule has 6 heteroatoms. The highest BCUT2D eigenvalue weighted by Crippen LogP contribution is 2.16. The van der Waals surface area contributed by atoms with Crippen molar-refractivity contribution in [1.29, 1.82) is 0 Å². The highest BCUT2D eigenvalue weighted by atomic mass is 16.5. The van der Waals surface area contributed by atoms with Gasteiger partial charge < -0.3 is 20.3 Å². The summed E-state index contributed by atoms with van der Waals surface area (Å²) in [6, 6.07) is -0.704. The van der Waals surface area contributed by atoms with E-state index < -0.39 is 18.2 Å². The normalized spacial score (nSPS) is 13.6. The van der Waals surface area contributed by atoms with Gasteiger partial charge in [-0.25, -0.2) is 0 Å². The van der Waals surface area contributed by atoms with E-state index >= 15 is 0 Å². The molecule has 6 nitrogen and oxygen atoms in total. The summed E-state index contributed by atoms with van der Waals surface area (Å²) in [7, 11) is 0. The molecule has 1 amide bonds. The molecule has 0 aromatic heterocycles. The van der Waals surface area contributed by atoms with Gasteiger partial charge in [0.1, 0.15) is 6.10 Å². The number of hydrogen-bond donors (Lipinski definition) is 3. The van der Waals surface area contributed by atoms with Gasteiger partial charge in [-0.15, -0.1) is 0 Å². The molecule has 0 saturated heterocycles. The average molecular weight is 720 g/mol. The number of carbonyl (C=O) groups excluding carboxylic acids is 2. The first kappa shape index (κ1) is 49.3. The number of rotatable bonds is 39. The van der Waals surface area contributed by atoms with Crippen molar-refractivity contribution in [3.8, 4) is 0 Å². The van der Waals surface area contributed by atoms with Gasteiger partial charge in [0.15, 0.2) is 0 Å². The van der Waals surface area contributed by atoms with Crippen LogP contribution < -0.4 is 5.32 Å². The van der Waals surface area contributed by atoms with Gasteiger partial charge in [0.05, 0.1) is 25.2 Å². The van der Waals surface area contributed by atoms with Crippen LogP contribution >= 0.6 is 0 Å². The number of aliphatic hydroxyl groups excluding tert-OH is 2.